The van der Waals surface area contributed by atoms with Gasteiger partial charge in [0.1, 0.15) is 23.6 Å². The van der Waals surface area contributed by atoms with E-state index in [0.29, 0.717) is 39.7 Å². The maximum atomic E-state index is 9.01. The predicted molar refractivity (Wildman–Crippen MR) is 138 cm³/mol. The molecular weight excluding hydrogens is 466 g/mol. The second-order valence-electron chi connectivity index (χ2n) is 8.50. The van der Waals surface area contributed by atoms with Crippen LogP contribution in [0.3, 0.4) is 0 Å². The van der Waals surface area contributed by atoms with Crippen molar-refractivity contribution in [3.8, 4) is 11.8 Å². The van der Waals surface area contributed by atoms with Gasteiger partial charge in [-0.3, -0.25) is 9.89 Å². The van der Waals surface area contributed by atoms with Crippen molar-refractivity contribution in [3.63, 3.8) is 0 Å². The lowest BCUT2D eigenvalue weighted by Gasteiger charge is -2.40. The lowest BCUT2D eigenvalue weighted by molar-refractivity contribution is 0.166. The molecule has 10 nitrogen and oxygen atoms in total. The fourth-order valence-electron chi connectivity index (χ4n) is 4.70. The molecule has 11 heteroatoms. The number of nitrogens with two attached hydrogens (primary N) is 2. The van der Waals surface area contributed by atoms with Crippen molar-refractivity contribution in [1.29, 1.82) is 5.26 Å². The van der Waals surface area contributed by atoms with Crippen LogP contribution in [-0.2, 0) is 0 Å². The summed E-state index contributed by atoms with van der Waals surface area (Å²) < 4.78 is 7.75. The van der Waals surface area contributed by atoms with E-state index < -0.39 is 0 Å². The number of rotatable bonds is 7. The maximum Gasteiger partial charge on any atom is 0.164 e. The number of nitrogens with zero attached hydrogens (tertiary/aromatic N) is 7. The number of methoxy groups -OCH3 is 1. The van der Waals surface area contributed by atoms with Crippen LogP contribution in [0.5, 0.6) is 5.75 Å². The highest BCUT2D eigenvalue weighted by Crippen LogP contribution is 2.44. The topological polar surface area (TPSA) is 144 Å². The van der Waals surface area contributed by atoms with Gasteiger partial charge in [-0.05, 0) is 25.5 Å². The molecule has 4 rings (SSSR count). The number of aromatic nitrogens is 4. The van der Waals surface area contributed by atoms with Crippen molar-refractivity contribution in [2.45, 2.75) is 25.8 Å². The Morgan fingerprint density at radius 1 is 1.43 bits per heavy atom. The molecule has 0 bridgehead atoms. The number of anilines is 1. The van der Waals surface area contributed by atoms with E-state index in [1.54, 1.807) is 25.1 Å². The number of hydrogen-bond acceptors (Lipinski definition) is 9. The van der Waals surface area contributed by atoms with Gasteiger partial charge in [-0.15, -0.1) is 0 Å². The number of allylic oxidation sites excluding steroid dienone is 1. The predicted octanol–water partition coefficient (Wildman–Crippen LogP) is 2.91. The Labute approximate surface area is 208 Å². The van der Waals surface area contributed by atoms with Crippen LogP contribution >= 0.6 is 11.6 Å². The van der Waals surface area contributed by atoms with Crippen molar-refractivity contribution in [3.05, 3.63) is 46.0 Å². The molecule has 3 aromatic rings. The quantitative estimate of drug-likeness (QED) is 0.377. The van der Waals surface area contributed by atoms with Crippen LogP contribution in [0.15, 0.2) is 23.6 Å². The highest BCUT2D eigenvalue weighted by atomic mass is 35.5. The fraction of sp³-hybridized carbons (Fsp3) is 0.375. The summed E-state index contributed by atoms with van der Waals surface area (Å²) in [6.07, 6.45) is 4.46. The van der Waals surface area contributed by atoms with Gasteiger partial charge in [0.25, 0.3) is 0 Å². The van der Waals surface area contributed by atoms with Gasteiger partial charge in [0.15, 0.2) is 5.65 Å². The molecule has 1 unspecified atom stereocenters. The number of aliphatic imine (C=N–C) groups is 1. The summed E-state index contributed by atoms with van der Waals surface area (Å²) in [5.41, 5.74) is 16.7. The van der Waals surface area contributed by atoms with Crippen molar-refractivity contribution in [2.75, 3.05) is 39.5 Å². The van der Waals surface area contributed by atoms with E-state index in [1.165, 1.54) is 12.5 Å². The van der Waals surface area contributed by atoms with Crippen LogP contribution in [0.25, 0.3) is 16.6 Å². The minimum absolute atomic E-state index is 0.221. The molecule has 0 spiro atoms. The van der Waals surface area contributed by atoms with Crippen LogP contribution < -0.4 is 16.2 Å². The zero-order valence-electron chi connectivity index (χ0n) is 20.2. The number of nitrogen functional groups attached to an aromatic ring is 1. The van der Waals surface area contributed by atoms with E-state index in [9.17, 15) is 0 Å². The van der Waals surface area contributed by atoms with Crippen molar-refractivity contribution in [2.24, 2.45) is 10.7 Å². The molecule has 2 aromatic heterocycles. The average molecular weight is 494 g/mol. The molecule has 35 heavy (non-hydrogen) atoms. The maximum absolute atomic E-state index is 9.01. The molecule has 1 aliphatic rings. The SMILES string of the molecule is CN=CC(=CN)c1nn(C(C)c2cc(Cl)c(C)c(C3CN(CC#N)C3)c2OC)c2ncnc(N)c12. The minimum Gasteiger partial charge on any atom is -0.496 e. The molecule has 0 saturated carbocycles. The van der Waals surface area contributed by atoms with Gasteiger partial charge in [-0.1, -0.05) is 11.6 Å². The molecule has 4 N–H and O–H groups in total. The Morgan fingerprint density at radius 3 is 2.80 bits per heavy atom. The lowest BCUT2D eigenvalue weighted by atomic mass is 9.85. The van der Waals surface area contributed by atoms with E-state index >= 15 is 0 Å². The van der Waals surface area contributed by atoms with Gasteiger partial charge in [0.05, 0.1) is 31.2 Å². The Bertz CT molecular complexity index is 1370. The van der Waals surface area contributed by atoms with Gasteiger partial charge in [-0.2, -0.15) is 10.4 Å². The summed E-state index contributed by atoms with van der Waals surface area (Å²) in [6.45, 7) is 5.96. The minimum atomic E-state index is -0.305. The smallest absolute Gasteiger partial charge is 0.164 e. The number of hydrogen-bond donors (Lipinski definition) is 2. The third-order valence-electron chi connectivity index (χ3n) is 6.47. The molecule has 1 fully saturated rings. The molecule has 182 valence electrons. The van der Waals surface area contributed by atoms with Crippen molar-refractivity contribution >= 4 is 40.2 Å². The van der Waals surface area contributed by atoms with Crippen molar-refractivity contribution in [1.82, 2.24) is 24.6 Å². The lowest BCUT2D eigenvalue weighted by Crippen LogP contribution is -2.45. The summed E-state index contributed by atoms with van der Waals surface area (Å²) in [7, 11) is 3.32. The second kappa shape index (κ2) is 9.90. The molecular formula is C24H28ClN9O. The highest BCUT2D eigenvalue weighted by Gasteiger charge is 2.34. The molecule has 0 radical (unpaired) electrons. The summed E-state index contributed by atoms with van der Waals surface area (Å²) in [5.74, 6) is 1.28. The fourth-order valence-corrected chi connectivity index (χ4v) is 4.92. The molecule has 3 heterocycles. The second-order valence-corrected chi connectivity index (χ2v) is 8.91. The van der Waals surface area contributed by atoms with Gasteiger partial charge in [-0.25, -0.2) is 14.6 Å². The van der Waals surface area contributed by atoms with E-state index in [2.05, 4.69) is 25.9 Å². The molecule has 1 saturated heterocycles. The Kier molecular flexibility index (Phi) is 6.91. The van der Waals surface area contributed by atoms with Gasteiger partial charge >= 0.3 is 0 Å². The van der Waals surface area contributed by atoms with Crippen LogP contribution in [0.2, 0.25) is 5.02 Å². The number of fused-ring (bicyclic) bond motifs is 1. The first-order valence-corrected chi connectivity index (χ1v) is 11.5. The van der Waals surface area contributed by atoms with Crippen LogP contribution in [0.1, 0.15) is 41.3 Å². The molecule has 1 aliphatic heterocycles. The van der Waals surface area contributed by atoms with E-state index in [0.717, 1.165) is 35.5 Å². The first-order valence-electron chi connectivity index (χ1n) is 11.1. The zero-order valence-corrected chi connectivity index (χ0v) is 20.9. The molecule has 1 atom stereocenters. The molecule has 0 amide bonds. The number of nitriles is 1. The monoisotopic (exact) mass is 493 g/mol. The summed E-state index contributed by atoms with van der Waals surface area (Å²) in [6, 6.07) is 3.82. The van der Waals surface area contributed by atoms with E-state index in [4.69, 9.17) is 38.2 Å². The Hall–Kier alpha value is -3.68. The van der Waals surface area contributed by atoms with Gasteiger partial charge in [0, 0.05) is 60.2 Å². The molecule has 0 aliphatic carbocycles. The number of benzene rings is 1. The molecule has 1 aromatic carbocycles. The number of halogens is 1. The normalized spacial score (nSPS) is 15.9. The Balaban J connectivity index is 1.88. The first kappa shape index (κ1) is 24.4. The van der Waals surface area contributed by atoms with Crippen LogP contribution in [0.4, 0.5) is 5.82 Å². The average Bonchev–Trinajstić information content (AvgIpc) is 3.21. The summed E-state index contributed by atoms with van der Waals surface area (Å²) in [5, 5.41) is 15.1. The zero-order chi connectivity index (χ0) is 25.3. The first-order chi connectivity index (χ1) is 16.9. The third kappa shape index (κ3) is 4.17. The number of ether oxygens (including phenoxy) is 1. The standard InChI is InChI=1S/C24H28ClN9O/c1-13-18(25)7-17(22(35-4)19(13)16-10-33(11-16)6-5-26)14(2)34-24-20(23(28)30-12-31-24)21(32-34)15(8-27)9-29-3/h7-9,12,14,16H,6,10-11,27H2,1-4H3,(H2,28,30,31). The van der Waals surface area contributed by atoms with Crippen molar-refractivity contribution < 1.29 is 4.74 Å². The third-order valence-corrected chi connectivity index (χ3v) is 6.86. The highest BCUT2D eigenvalue weighted by molar-refractivity contribution is 6.31. The number of likely N-dealkylation sites (tertiary alicyclic amines) is 1. The van der Waals surface area contributed by atoms with Gasteiger partial charge < -0.3 is 16.2 Å². The summed E-state index contributed by atoms with van der Waals surface area (Å²) in [4.78, 5) is 14.8. The van der Waals surface area contributed by atoms with Crippen LogP contribution in [0, 0.1) is 18.3 Å². The Morgan fingerprint density at radius 2 is 2.17 bits per heavy atom. The van der Waals surface area contributed by atoms with Gasteiger partial charge in [0.2, 0.25) is 0 Å². The largest absolute Gasteiger partial charge is 0.496 e. The van der Waals surface area contributed by atoms with E-state index in [1.807, 2.05) is 19.9 Å². The summed E-state index contributed by atoms with van der Waals surface area (Å²) >= 11 is 6.73. The van der Waals surface area contributed by atoms with E-state index in [-0.39, 0.29) is 12.0 Å². The van der Waals surface area contributed by atoms with Crippen LogP contribution in [-0.4, -0.2) is 64.7 Å².